The zero-order chi connectivity index (χ0) is 20.9. The van der Waals surface area contributed by atoms with Crippen LogP contribution in [0.5, 0.6) is 0 Å². The van der Waals surface area contributed by atoms with E-state index < -0.39 is 0 Å². The van der Waals surface area contributed by atoms with E-state index in [2.05, 4.69) is 21.0 Å². The van der Waals surface area contributed by atoms with Crippen LogP contribution in [0.2, 0.25) is 5.02 Å². The van der Waals surface area contributed by atoms with E-state index in [1.165, 1.54) is 17.7 Å². The van der Waals surface area contributed by atoms with Crippen molar-refractivity contribution in [2.24, 2.45) is 0 Å². The standard InChI is InChI=1S/C23H18ClFN2S3/c24-19-5-3-17(4-6-19)21(14-27-11-10-26-15-27)30-23(28)22-18(9-12-29-22)13-16-1-7-20(25)8-2-16/h1-12,15,21H,13-14H2. The summed E-state index contributed by atoms with van der Waals surface area (Å²) in [5, 5.41) is 2.91. The highest BCUT2D eigenvalue weighted by atomic mass is 35.5. The van der Waals surface area contributed by atoms with Crippen LogP contribution in [-0.4, -0.2) is 13.7 Å². The highest BCUT2D eigenvalue weighted by Gasteiger charge is 2.19. The first-order chi connectivity index (χ1) is 14.6. The van der Waals surface area contributed by atoms with Crippen LogP contribution in [0.4, 0.5) is 4.39 Å². The Bertz CT molecular complexity index is 1110. The summed E-state index contributed by atoms with van der Waals surface area (Å²) in [5.74, 6) is -0.222. The number of rotatable bonds is 7. The molecule has 30 heavy (non-hydrogen) atoms. The predicted molar refractivity (Wildman–Crippen MR) is 129 cm³/mol. The zero-order valence-corrected chi connectivity index (χ0v) is 19.1. The SMILES string of the molecule is Fc1ccc(Cc2ccsc2C(=S)SC(Cn2ccnc2)c2ccc(Cl)cc2)cc1. The summed E-state index contributed by atoms with van der Waals surface area (Å²) in [6.07, 6.45) is 6.28. The Balaban J connectivity index is 1.54. The predicted octanol–water partition coefficient (Wildman–Crippen LogP) is 7.18. The highest BCUT2D eigenvalue weighted by molar-refractivity contribution is 8.24. The molecule has 0 spiro atoms. The quantitative estimate of drug-likeness (QED) is 0.265. The largest absolute Gasteiger partial charge is 0.336 e. The third-order valence-electron chi connectivity index (χ3n) is 4.67. The molecule has 0 saturated carbocycles. The molecule has 0 aliphatic carbocycles. The fourth-order valence-electron chi connectivity index (χ4n) is 3.13. The van der Waals surface area contributed by atoms with Gasteiger partial charge < -0.3 is 4.57 Å². The molecule has 0 saturated heterocycles. The van der Waals surface area contributed by atoms with Crippen LogP contribution in [0.1, 0.15) is 26.8 Å². The maximum absolute atomic E-state index is 13.2. The number of hydrogen-bond acceptors (Lipinski definition) is 4. The fourth-order valence-corrected chi connectivity index (χ4v) is 5.96. The number of aromatic nitrogens is 2. The summed E-state index contributed by atoms with van der Waals surface area (Å²) in [6, 6.07) is 16.7. The van der Waals surface area contributed by atoms with Crippen molar-refractivity contribution < 1.29 is 4.39 Å². The highest BCUT2D eigenvalue weighted by Crippen LogP contribution is 2.37. The summed E-state index contributed by atoms with van der Waals surface area (Å²) in [5.41, 5.74) is 3.40. The van der Waals surface area contributed by atoms with Gasteiger partial charge in [-0.2, -0.15) is 0 Å². The Labute approximate surface area is 193 Å². The maximum atomic E-state index is 13.2. The Morgan fingerprint density at radius 2 is 1.90 bits per heavy atom. The number of hydrogen-bond donors (Lipinski definition) is 0. The lowest BCUT2D eigenvalue weighted by Gasteiger charge is -2.18. The summed E-state index contributed by atoms with van der Waals surface area (Å²) >= 11 is 15.3. The van der Waals surface area contributed by atoms with Gasteiger partial charge in [-0.3, -0.25) is 0 Å². The lowest BCUT2D eigenvalue weighted by molar-refractivity contribution is 0.627. The van der Waals surface area contributed by atoms with Gasteiger partial charge in [-0.05, 0) is 58.8 Å². The van der Waals surface area contributed by atoms with Crippen molar-refractivity contribution in [3.05, 3.63) is 111 Å². The molecule has 2 aromatic heterocycles. The molecule has 1 atom stereocenters. The first kappa shape index (κ1) is 21.2. The molecule has 4 rings (SSSR count). The van der Waals surface area contributed by atoms with Gasteiger partial charge in [0.05, 0.1) is 20.7 Å². The third-order valence-corrected chi connectivity index (χ3v) is 7.77. The molecule has 0 radical (unpaired) electrons. The van der Waals surface area contributed by atoms with Crippen LogP contribution >= 0.6 is 46.9 Å². The lowest BCUT2D eigenvalue weighted by Crippen LogP contribution is -2.08. The maximum Gasteiger partial charge on any atom is 0.123 e. The first-order valence-corrected chi connectivity index (χ1v) is 11.9. The van der Waals surface area contributed by atoms with Gasteiger partial charge in [0.2, 0.25) is 0 Å². The topological polar surface area (TPSA) is 17.8 Å². The summed E-state index contributed by atoms with van der Waals surface area (Å²) in [6.45, 7) is 0.755. The first-order valence-electron chi connectivity index (χ1n) is 9.31. The van der Waals surface area contributed by atoms with Gasteiger partial charge in [-0.15, -0.1) is 23.1 Å². The van der Waals surface area contributed by atoms with Gasteiger partial charge in [-0.25, -0.2) is 9.37 Å². The molecule has 1 unspecified atom stereocenters. The Hall–Kier alpha value is -1.99. The minimum absolute atomic E-state index is 0.129. The second-order valence-corrected chi connectivity index (χ2v) is 10.0. The molecule has 2 aromatic carbocycles. The molecule has 0 N–H and O–H groups in total. The van der Waals surface area contributed by atoms with E-state index in [1.807, 2.05) is 48.9 Å². The Kier molecular flexibility index (Phi) is 7.00. The second-order valence-electron chi connectivity index (χ2n) is 6.78. The zero-order valence-electron chi connectivity index (χ0n) is 15.9. The molecular formula is C23H18ClFN2S3. The number of benzene rings is 2. The minimum Gasteiger partial charge on any atom is -0.336 e. The van der Waals surface area contributed by atoms with E-state index >= 15 is 0 Å². The van der Waals surface area contributed by atoms with Gasteiger partial charge in [-0.1, -0.05) is 48.1 Å². The lowest BCUT2D eigenvalue weighted by atomic mass is 10.1. The van der Waals surface area contributed by atoms with Crippen LogP contribution in [0.25, 0.3) is 0 Å². The van der Waals surface area contributed by atoms with E-state index in [4.69, 9.17) is 23.8 Å². The average Bonchev–Trinajstić information content (AvgIpc) is 3.42. The molecule has 0 amide bonds. The summed E-state index contributed by atoms with van der Waals surface area (Å²) in [7, 11) is 0. The molecule has 152 valence electrons. The molecule has 0 aliphatic heterocycles. The van der Waals surface area contributed by atoms with Crippen molar-refractivity contribution in [1.82, 2.24) is 9.55 Å². The average molecular weight is 473 g/mol. The van der Waals surface area contributed by atoms with Crippen molar-refractivity contribution in [3.63, 3.8) is 0 Å². The molecule has 0 fully saturated rings. The van der Waals surface area contributed by atoms with E-state index in [1.54, 1.807) is 29.3 Å². The normalized spacial score (nSPS) is 12.1. The van der Waals surface area contributed by atoms with E-state index in [-0.39, 0.29) is 11.1 Å². The van der Waals surface area contributed by atoms with Crippen LogP contribution in [-0.2, 0) is 13.0 Å². The number of halogens is 2. The van der Waals surface area contributed by atoms with E-state index in [0.717, 1.165) is 33.2 Å². The van der Waals surface area contributed by atoms with Crippen LogP contribution in [0.3, 0.4) is 0 Å². The fraction of sp³-hybridized carbons (Fsp3) is 0.130. The van der Waals surface area contributed by atoms with Crippen LogP contribution in [0, 0.1) is 5.82 Å². The number of thioether (sulfide) groups is 1. The van der Waals surface area contributed by atoms with Gasteiger partial charge in [0.15, 0.2) is 0 Å². The van der Waals surface area contributed by atoms with E-state index in [0.29, 0.717) is 5.02 Å². The monoisotopic (exact) mass is 472 g/mol. The van der Waals surface area contributed by atoms with Crippen molar-refractivity contribution in [3.8, 4) is 0 Å². The smallest absolute Gasteiger partial charge is 0.123 e. The van der Waals surface area contributed by atoms with Gasteiger partial charge >= 0.3 is 0 Å². The van der Waals surface area contributed by atoms with Gasteiger partial charge in [0.1, 0.15) is 5.82 Å². The number of thiophene rings is 1. The molecule has 2 heterocycles. The van der Waals surface area contributed by atoms with Gasteiger partial charge in [0, 0.05) is 24.0 Å². The van der Waals surface area contributed by atoms with Crippen molar-refractivity contribution >= 4 is 51.1 Å². The molecule has 7 heteroatoms. The Morgan fingerprint density at radius 3 is 2.60 bits per heavy atom. The Morgan fingerprint density at radius 1 is 1.13 bits per heavy atom. The van der Waals surface area contributed by atoms with Crippen LogP contribution in [0.15, 0.2) is 78.7 Å². The van der Waals surface area contributed by atoms with Crippen molar-refractivity contribution in [2.45, 2.75) is 18.2 Å². The molecule has 4 aromatic rings. The molecule has 0 bridgehead atoms. The summed E-state index contributed by atoms with van der Waals surface area (Å²) in [4.78, 5) is 5.26. The third kappa shape index (κ3) is 5.38. The number of thiocarbonyl (C=S) groups is 1. The second kappa shape index (κ2) is 9.88. The summed E-state index contributed by atoms with van der Waals surface area (Å²) < 4.78 is 16.1. The number of nitrogens with zero attached hydrogens (tertiary/aromatic N) is 2. The minimum atomic E-state index is -0.222. The molecule has 2 nitrogen and oxygen atoms in total. The van der Waals surface area contributed by atoms with E-state index in [9.17, 15) is 4.39 Å². The van der Waals surface area contributed by atoms with Crippen molar-refractivity contribution in [2.75, 3.05) is 0 Å². The molecular weight excluding hydrogens is 455 g/mol. The molecule has 0 aliphatic rings. The van der Waals surface area contributed by atoms with Gasteiger partial charge in [0.25, 0.3) is 0 Å². The number of imidazole rings is 1. The van der Waals surface area contributed by atoms with Crippen molar-refractivity contribution in [1.29, 1.82) is 0 Å². The van der Waals surface area contributed by atoms with Crippen LogP contribution < -0.4 is 0 Å².